The van der Waals surface area contributed by atoms with Crippen molar-refractivity contribution in [2.45, 2.75) is 39.0 Å². The standard InChI is InChI=1S/C20H21Cl2FO2/c1-10(8-11(2)18-16(21)6-5-7-17(18)23)14-9-15(20(24)25)13(4)19(22)12(14)3/h7-9,12,19H,1,5-6H2,2-4H3,(H,24,25). The maximum atomic E-state index is 14.1. The van der Waals surface area contributed by atoms with Crippen molar-refractivity contribution < 1.29 is 14.3 Å². The Balaban J connectivity index is 2.42. The summed E-state index contributed by atoms with van der Waals surface area (Å²) in [5, 5.41) is 9.44. The van der Waals surface area contributed by atoms with E-state index in [0.717, 1.165) is 5.57 Å². The second-order valence-corrected chi connectivity index (χ2v) is 7.34. The van der Waals surface area contributed by atoms with Gasteiger partial charge in [-0.1, -0.05) is 31.2 Å². The van der Waals surface area contributed by atoms with E-state index in [9.17, 15) is 14.3 Å². The second kappa shape index (κ2) is 7.76. The van der Waals surface area contributed by atoms with Crippen molar-refractivity contribution in [2.75, 3.05) is 0 Å². The van der Waals surface area contributed by atoms with Gasteiger partial charge in [-0.05, 0) is 61.1 Å². The summed E-state index contributed by atoms with van der Waals surface area (Å²) in [5.41, 5.74) is 3.21. The molecular formula is C20H21Cl2FO2. The molecule has 2 unspecified atom stereocenters. The van der Waals surface area contributed by atoms with Gasteiger partial charge in [-0.25, -0.2) is 9.18 Å². The molecule has 2 rings (SSSR count). The molecule has 2 aliphatic carbocycles. The first-order valence-electron chi connectivity index (χ1n) is 8.07. The smallest absolute Gasteiger partial charge is 0.335 e. The Morgan fingerprint density at radius 2 is 2.12 bits per heavy atom. The van der Waals surface area contributed by atoms with Crippen LogP contribution >= 0.6 is 23.2 Å². The summed E-state index contributed by atoms with van der Waals surface area (Å²) < 4.78 is 14.1. The number of carboxylic acid groups (broad SMARTS) is 1. The zero-order chi connectivity index (χ0) is 18.9. The molecular weight excluding hydrogens is 362 g/mol. The Bertz CT molecular complexity index is 782. The third kappa shape index (κ3) is 3.99. The van der Waals surface area contributed by atoms with Crippen LogP contribution in [0.2, 0.25) is 0 Å². The number of carbonyl (C=O) groups is 1. The summed E-state index contributed by atoms with van der Waals surface area (Å²) in [6.07, 6.45) is 6.06. The van der Waals surface area contributed by atoms with Crippen molar-refractivity contribution in [1.29, 1.82) is 0 Å². The number of alkyl halides is 1. The average Bonchev–Trinajstić information content (AvgIpc) is 2.52. The summed E-state index contributed by atoms with van der Waals surface area (Å²) in [4.78, 5) is 11.5. The Morgan fingerprint density at radius 3 is 2.68 bits per heavy atom. The van der Waals surface area contributed by atoms with Crippen LogP contribution in [0.3, 0.4) is 0 Å². The third-order valence-corrected chi connectivity index (χ3v) is 5.73. The highest BCUT2D eigenvalue weighted by atomic mass is 35.5. The van der Waals surface area contributed by atoms with Crippen LogP contribution in [0, 0.1) is 5.92 Å². The summed E-state index contributed by atoms with van der Waals surface area (Å²) in [6.45, 7) is 9.46. The molecule has 0 radical (unpaired) electrons. The minimum atomic E-state index is -1.02. The zero-order valence-corrected chi connectivity index (χ0v) is 16.0. The molecule has 1 N–H and O–H groups in total. The maximum absolute atomic E-state index is 14.1. The summed E-state index contributed by atoms with van der Waals surface area (Å²) >= 11 is 12.6. The number of carboxylic acids is 1. The van der Waals surface area contributed by atoms with Crippen LogP contribution in [-0.2, 0) is 4.79 Å². The number of allylic oxidation sites excluding steroid dienone is 9. The van der Waals surface area contributed by atoms with Gasteiger partial charge in [0.1, 0.15) is 5.83 Å². The molecule has 134 valence electrons. The SMILES string of the molecule is C=C(C=C(C)C1=C(Cl)CCC=C1F)C1=CC(C(=O)O)=C(C)C(Cl)C1C. The van der Waals surface area contributed by atoms with E-state index in [2.05, 4.69) is 6.58 Å². The van der Waals surface area contributed by atoms with Crippen molar-refractivity contribution in [3.8, 4) is 0 Å². The van der Waals surface area contributed by atoms with E-state index >= 15 is 0 Å². The van der Waals surface area contributed by atoms with E-state index in [1.165, 1.54) is 6.08 Å². The maximum Gasteiger partial charge on any atom is 0.335 e. The molecule has 0 aromatic heterocycles. The molecule has 2 nitrogen and oxygen atoms in total. The molecule has 0 amide bonds. The summed E-state index contributed by atoms with van der Waals surface area (Å²) in [7, 11) is 0. The van der Waals surface area contributed by atoms with E-state index in [-0.39, 0.29) is 17.3 Å². The van der Waals surface area contributed by atoms with Gasteiger partial charge in [0, 0.05) is 16.5 Å². The van der Waals surface area contributed by atoms with Crippen LogP contribution in [0.15, 0.2) is 69.1 Å². The number of rotatable bonds is 4. The normalized spacial score (nSPS) is 25.0. The van der Waals surface area contributed by atoms with E-state index in [1.54, 1.807) is 26.0 Å². The van der Waals surface area contributed by atoms with Gasteiger partial charge in [-0.3, -0.25) is 0 Å². The molecule has 2 atom stereocenters. The van der Waals surface area contributed by atoms with Gasteiger partial charge in [0.05, 0.1) is 11.0 Å². The monoisotopic (exact) mass is 382 g/mol. The van der Waals surface area contributed by atoms with Crippen LogP contribution in [0.1, 0.15) is 33.6 Å². The Kier molecular flexibility index (Phi) is 6.12. The molecule has 0 saturated carbocycles. The van der Waals surface area contributed by atoms with Crippen molar-refractivity contribution in [2.24, 2.45) is 5.92 Å². The van der Waals surface area contributed by atoms with Crippen molar-refractivity contribution in [1.82, 2.24) is 0 Å². The molecule has 0 aliphatic heterocycles. The van der Waals surface area contributed by atoms with Crippen LogP contribution in [0.4, 0.5) is 4.39 Å². The molecule has 0 spiro atoms. The highest BCUT2D eigenvalue weighted by Gasteiger charge is 2.30. The molecule has 2 aliphatic rings. The molecule has 0 saturated heterocycles. The number of hydrogen-bond donors (Lipinski definition) is 1. The Hall–Kier alpha value is -1.58. The lowest BCUT2D eigenvalue weighted by atomic mass is 9.81. The minimum Gasteiger partial charge on any atom is -0.478 e. The molecule has 25 heavy (non-hydrogen) atoms. The Morgan fingerprint density at radius 1 is 1.48 bits per heavy atom. The second-order valence-electron chi connectivity index (χ2n) is 6.42. The fraction of sp³-hybridized carbons (Fsp3) is 0.350. The topological polar surface area (TPSA) is 37.3 Å². The largest absolute Gasteiger partial charge is 0.478 e. The first-order chi connectivity index (χ1) is 11.6. The lowest BCUT2D eigenvalue weighted by Gasteiger charge is -2.28. The molecule has 0 fully saturated rings. The minimum absolute atomic E-state index is 0.0995. The third-order valence-electron chi connectivity index (χ3n) is 4.65. The van der Waals surface area contributed by atoms with Gasteiger partial charge >= 0.3 is 5.97 Å². The summed E-state index contributed by atoms with van der Waals surface area (Å²) in [5.74, 6) is -1.45. The molecule has 0 aromatic rings. The van der Waals surface area contributed by atoms with Crippen LogP contribution in [-0.4, -0.2) is 16.5 Å². The van der Waals surface area contributed by atoms with Gasteiger partial charge in [-0.15, -0.1) is 11.6 Å². The molecule has 0 bridgehead atoms. The summed E-state index contributed by atoms with van der Waals surface area (Å²) in [6, 6.07) is 0. The average molecular weight is 383 g/mol. The Labute approximate surface area is 157 Å². The first kappa shape index (κ1) is 19.7. The predicted octanol–water partition coefficient (Wildman–Crippen LogP) is 6.21. The fourth-order valence-electron chi connectivity index (χ4n) is 3.20. The molecule has 5 heteroatoms. The van der Waals surface area contributed by atoms with E-state index < -0.39 is 11.3 Å². The van der Waals surface area contributed by atoms with Gasteiger partial charge in [0.25, 0.3) is 0 Å². The predicted molar refractivity (Wildman–Crippen MR) is 101 cm³/mol. The zero-order valence-electron chi connectivity index (χ0n) is 14.5. The van der Waals surface area contributed by atoms with Gasteiger partial charge < -0.3 is 5.11 Å². The van der Waals surface area contributed by atoms with Crippen molar-refractivity contribution in [3.05, 3.63) is 69.1 Å². The number of hydrogen-bond acceptors (Lipinski definition) is 1. The highest BCUT2D eigenvalue weighted by molar-refractivity contribution is 6.30. The highest BCUT2D eigenvalue weighted by Crippen LogP contribution is 2.38. The quantitative estimate of drug-likeness (QED) is 0.463. The van der Waals surface area contributed by atoms with Crippen molar-refractivity contribution >= 4 is 29.2 Å². The van der Waals surface area contributed by atoms with E-state index in [4.69, 9.17) is 23.2 Å². The van der Waals surface area contributed by atoms with E-state index in [0.29, 0.717) is 40.2 Å². The number of halogens is 3. The van der Waals surface area contributed by atoms with Gasteiger partial charge in [0.15, 0.2) is 0 Å². The van der Waals surface area contributed by atoms with Crippen LogP contribution in [0.25, 0.3) is 0 Å². The number of aliphatic carboxylic acids is 1. The van der Waals surface area contributed by atoms with Crippen LogP contribution in [0.5, 0.6) is 0 Å². The molecule has 0 heterocycles. The lowest BCUT2D eigenvalue weighted by Crippen LogP contribution is -2.23. The van der Waals surface area contributed by atoms with E-state index in [1.807, 2.05) is 6.92 Å². The fourth-order valence-corrected chi connectivity index (χ4v) is 3.80. The first-order valence-corrected chi connectivity index (χ1v) is 8.89. The van der Waals surface area contributed by atoms with Gasteiger partial charge in [0.2, 0.25) is 0 Å². The van der Waals surface area contributed by atoms with Crippen LogP contribution < -0.4 is 0 Å². The molecule has 0 aromatic carbocycles. The lowest BCUT2D eigenvalue weighted by molar-refractivity contribution is -0.132. The van der Waals surface area contributed by atoms with Gasteiger partial charge in [-0.2, -0.15) is 0 Å². The van der Waals surface area contributed by atoms with Crippen molar-refractivity contribution in [3.63, 3.8) is 0 Å².